The molecule has 2 aliphatic heterocycles. The lowest BCUT2D eigenvalue weighted by Gasteiger charge is -2.19. The first-order chi connectivity index (χ1) is 8.27. The van der Waals surface area contributed by atoms with Crippen molar-refractivity contribution in [3.05, 3.63) is 12.2 Å². The van der Waals surface area contributed by atoms with Crippen molar-refractivity contribution in [2.45, 2.75) is 31.7 Å². The van der Waals surface area contributed by atoms with Gasteiger partial charge in [-0.3, -0.25) is 14.5 Å². The van der Waals surface area contributed by atoms with Gasteiger partial charge in [0.15, 0.2) is 0 Å². The summed E-state index contributed by atoms with van der Waals surface area (Å²) in [5.41, 5.74) is 0. The Kier molecular flexibility index (Phi) is 2.74. The van der Waals surface area contributed by atoms with Crippen molar-refractivity contribution in [1.82, 2.24) is 10.2 Å². The van der Waals surface area contributed by atoms with Gasteiger partial charge in [0.05, 0.1) is 11.8 Å². The zero-order chi connectivity index (χ0) is 11.8. The number of likely N-dealkylation sites (tertiary alicyclic amines) is 1. The molecule has 0 aromatic heterocycles. The number of imide groups is 1. The van der Waals surface area contributed by atoms with Gasteiger partial charge in [0, 0.05) is 12.6 Å². The van der Waals surface area contributed by atoms with Gasteiger partial charge in [-0.05, 0) is 32.2 Å². The number of nitrogens with one attached hydrogen (secondary N) is 1. The molecule has 3 aliphatic rings. The van der Waals surface area contributed by atoms with Gasteiger partial charge in [-0.1, -0.05) is 12.2 Å². The van der Waals surface area contributed by atoms with Crippen LogP contribution in [0.25, 0.3) is 0 Å². The van der Waals surface area contributed by atoms with E-state index in [2.05, 4.69) is 5.32 Å². The second kappa shape index (κ2) is 4.26. The zero-order valence-corrected chi connectivity index (χ0v) is 9.89. The lowest BCUT2D eigenvalue weighted by atomic mass is 9.85. The molecule has 2 heterocycles. The molecule has 0 aromatic carbocycles. The Bertz CT molecular complexity index is 346. The summed E-state index contributed by atoms with van der Waals surface area (Å²) in [5.74, 6) is -0.0427. The standard InChI is InChI=1S/C13H18N2O2/c16-12-10-5-1-2-6-11(10)13(17)15(12)8-9-4-3-7-14-9/h1-2,9-11,14H,3-8H2/t9?,10-,11+. The van der Waals surface area contributed by atoms with Crippen LogP contribution >= 0.6 is 0 Å². The summed E-state index contributed by atoms with van der Waals surface area (Å²) in [6, 6.07) is 0.316. The normalized spacial score (nSPS) is 36.7. The first-order valence-electron chi connectivity index (χ1n) is 6.51. The van der Waals surface area contributed by atoms with Crippen LogP contribution in [0.15, 0.2) is 12.2 Å². The first-order valence-corrected chi connectivity index (χ1v) is 6.51. The Labute approximate surface area is 101 Å². The molecule has 0 spiro atoms. The third kappa shape index (κ3) is 1.80. The molecule has 3 rings (SSSR count). The Hall–Kier alpha value is -1.16. The van der Waals surface area contributed by atoms with Crippen LogP contribution in [-0.2, 0) is 9.59 Å². The fraction of sp³-hybridized carbons (Fsp3) is 0.692. The highest BCUT2D eigenvalue weighted by Crippen LogP contribution is 2.35. The van der Waals surface area contributed by atoms with Crippen LogP contribution in [0.2, 0.25) is 0 Å². The number of allylic oxidation sites excluding steroid dienone is 2. The number of amides is 2. The summed E-state index contributed by atoms with van der Waals surface area (Å²) in [4.78, 5) is 25.9. The van der Waals surface area contributed by atoms with Gasteiger partial charge < -0.3 is 5.32 Å². The van der Waals surface area contributed by atoms with Crippen molar-refractivity contribution in [3.8, 4) is 0 Å². The molecule has 3 atom stereocenters. The topological polar surface area (TPSA) is 49.4 Å². The van der Waals surface area contributed by atoms with E-state index in [4.69, 9.17) is 0 Å². The number of rotatable bonds is 2. The highest BCUT2D eigenvalue weighted by molar-refractivity contribution is 6.05. The summed E-state index contributed by atoms with van der Waals surface area (Å²) >= 11 is 0. The summed E-state index contributed by atoms with van der Waals surface area (Å²) < 4.78 is 0. The van der Waals surface area contributed by atoms with Crippen molar-refractivity contribution >= 4 is 11.8 Å². The minimum atomic E-state index is -0.0751. The van der Waals surface area contributed by atoms with Crippen LogP contribution < -0.4 is 5.32 Å². The minimum Gasteiger partial charge on any atom is -0.312 e. The molecule has 0 saturated carbocycles. The van der Waals surface area contributed by atoms with Crippen molar-refractivity contribution < 1.29 is 9.59 Å². The number of fused-ring (bicyclic) bond motifs is 1. The monoisotopic (exact) mass is 234 g/mol. The predicted molar refractivity (Wildman–Crippen MR) is 63.1 cm³/mol. The third-order valence-corrected chi connectivity index (χ3v) is 4.16. The van der Waals surface area contributed by atoms with E-state index in [1.807, 2.05) is 12.2 Å². The van der Waals surface area contributed by atoms with E-state index < -0.39 is 0 Å². The average molecular weight is 234 g/mol. The second-order valence-electron chi connectivity index (χ2n) is 5.24. The van der Waals surface area contributed by atoms with E-state index in [9.17, 15) is 9.59 Å². The SMILES string of the molecule is O=C1[C@H]2CC=CC[C@H]2C(=O)N1CC1CCCN1. The lowest BCUT2D eigenvalue weighted by Crippen LogP contribution is -2.41. The molecule has 0 radical (unpaired) electrons. The highest BCUT2D eigenvalue weighted by atomic mass is 16.2. The fourth-order valence-electron chi connectivity index (χ4n) is 3.18. The lowest BCUT2D eigenvalue weighted by molar-refractivity contribution is -0.140. The number of carbonyl (C=O) groups excluding carboxylic acids is 2. The molecule has 1 N–H and O–H groups in total. The largest absolute Gasteiger partial charge is 0.312 e. The van der Waals surface area contributed by atoms with Gasteiger partial charge in [-0.2, -0.15) is 0 Å². The van der Waals surface area contributed by atoms with Gasteiger partial charge in [0.1, 0.15) is 0 Å². The van der Waals surface area contributed by atoms with Gasteiger partial charge in [-0.25, -0.2) is 0 Å². The van der Waals surface area contributed by atoms with Crippen LogP contribution in [-0.4, -0.2) is 35.8 Å². The number of hydrogen-bond acceptors (Lipinski definition) is 3. The molecule has 4 heteroatoms. The molecule has 92 valence electrons. The predicted octanol–water partition coefficient (Wildman–Crippen LogP) is 0.690. The third-order valence-electron chi connectivity index (χ3n) is 4.16. The highest BCUT2D eigenvalue weighted by Gasteiger charge is 2.47. The van der Waals surface area contributed by atoms with Gasteiger partial charge >= 0.3 is 0 Å². The maximum absolute atomic E-state index is 12.2. The van der Waals surface area contributed by atoms with Gasteiger partial charge in [-0.15, -0.1) is 0 Å². The Morgan fingerprint density at radius 1 is 1.18 bits per heavy atom. The van der Waals surface area contributed by atoms with Crippen molar-refractivity contribution in [3.63, 3.8) is 0 Å². The van der Waals surface area contributed by atoms with Gasteiger partial charge in [0.25, 0.3) is 0 Å². The molecule has 17 heavy (non-hydrogen) atoms. The van der Waals surface area contributed by atoms with Crippen molar-refractivity contribution in [2.24, 2.45) is 11.8 Å². The molecular weight excluding hydrogens is 216 g/mol. The molecule has 0 aromatic rings. The van der Waals surface area contributed by atoms with Crippen molar-refractivity contribution in [1.29, 1.82) is 0 Å². The number of carbonyl (C=O) groups is 2. The molecule has 4 nitrogen and oxygen atoms in total. The molecule has 2 saturated heterocycles. The van der Waals surface area contributed by atoms with Crippen LogP contribution in [0, 0.1) is 11.8 Å². The zero-order valence-electron chi connectivity index (χ0n) is 9.89. The summed E-state index contributed by atoms with van der Waals surface area (Å²) in [7, 11) is 0. The second-order valence-corrected chi connectivity index (χ2v) is 5.24. The summed E-state index contributed by atoms with van der Waals surface area (Å²) in [5, 5.41) is 3.34. The molecule has 2 fully saturated rings. The molecule has 1 aliphatic carbocycles. The first kappa shape index (κ1) is 11.0. The maximum Gasteiger partial charge on any atom is 0.233 e. The molecule has 1 unspecified atom stereocenters. The summed E-state index contributed by atoms with van der Waals surface area (Å²) in [6.07, 6.45) is 7.76. The number of hydrogen-bond donors (Lipinski definition) is 1. The smallest absolute Gasteiger partial charge is 0.233 e. The van der Waals surface area contributed by atoms with E-state index in [1.165, 1.54) is 4.90 Å². The van der Waals surface area contributed by atoms with E-state index >= 15 is 0 Å². The van der Waals surface area contributed by atoms with Gasteiger partial charge in [0.2, 0.25) is 11.8 Å². The van der Waals surface area contributed by atoms with Crippen LogP contribution in [0.5, 0.6) is 0 Å². The number of nitrogens with zero attached hydrogens (tertiary/aromatic N) is 1. The fourth-order valence-corrected chi connectivity index (χ4v) is 3.18. The summed E-state index contributed by atoms with van der Waals surface area (Å²) in [6.45, 7) is 1.58. The maximum atomic E-state index is 12.2. The quantitative estimate of drug-likeness (QED) is 0.565. The minimum absolute atomic E-state index is 0.0537. The van der Waals surface area contributed by atoms with Crippen molar-refractivity contribution in [2.75, 3.05) is 13.1 Å². The van der Waals surface area contributed by atoms with Crippen LogP contribution in [0.3, 0.4) is 0 Å². The van der Waals surface area contributed by atoms with E-state index in [0.29, 0.717) is 12.6 Å². The van der Waals surface area contributed by atoms with Crippen LogP contribution in [0.4, 0.5) is 0 Å². The Morgan fingerprint density at radius 3 is 2.35 bits per heavy atom. The Morgan fingerprint density at radius 2 is 1.82 bits per heavy atom. The molecular formula is C13H18N2O2. The van der Waals surface area contributed by atoms with E-state index in [-0.39, 0.29) is 23.7 Å². The van der Waals surface area contributed by atoms with E-state index in [1.54, 1.807) is 0 Å². The molecule has 0 bridgehead atoms. The van der Waals surface area contributed by atoms with E-state index in [0.717, 1.165) is 32.2 Å². The molecule has 2 amide bonds. The Balaban J connectivity index is 1.73. The average Bonchev–Trinajstić information content (AvgIpc) is 2.94. The van der Waals surface area contributed by atoms with Crippen LogP contribution in [0.1, 0.15) is 25.7 Å².